The minimum absolute atomic E-state index is 0.0430. The van der Waals surface area contributed by atoms with Crippen LogP contribution in [0.3, 0.4) is 0 Å². The number of aromatic nitrogens is 4. The van der Waals surface area contributed by atoms with Crippen molar-refractivity contribution in [2.75, 3.05) is 50.2 Å². The fourth-order valence-electron chi connectivity index (χ4n) is 3.85. The second-order valence-corrected chi connectivity index (χ2v) is 7.56. The van der Waals surface area contributed by atoms with Gasteiger partial charge in [0.05, 0.1) is 25.9 Å². The number of hydrogen-bond donors (Lipinski definition) is 0. The molecule has 0 aromatic carbocycles. The number of nitrogens with zero attached hydrogens (tertiary/aromatic N) is 6. The minimum atomic E-state index is -0.0430. The fraction of sp³-hybridized carbons (Fsp3) is 0.579. The Balaban J connectivity index is 1.28. The normalized spacial score (nSPS) is 21.0. The first-order valence-electron chi connectivity index (χ1n) is 9.41. The van der Waals surface area contributed by atoms with Crippen LogP contribution in [0.2, 0.25) is 0 Å². The second-order valence-electron chi connectivity index (χ2n) is 7.56. The molecule has 2 fully saturated rings. The van der Waals surface area contributed by atoms with Crippen molar-refractivity contribution in [3.63, 3.8) is 0 Å². The SMILES string of the molecule is CN(C)c1cc(N2CC3(CC(CCOc4cnccn4)CCO3)C2)ncn1. The summed E-state index contributed by atoms with van der Waals surface area (Å²) in [5.41, 5.74) is -0.0430. The quantitative estimate of drug-likeness (QED) is 0.762. The highest BCUT2D eigenvalue weighted by atomic mass is 16.5. The molecule has 27 heavy (non-hydrogen) atoms. The van der Waals surface area contributed by atoms with Crippen LogP contribution >= 0.6 is 0 Å². The Labute approximate surface area is 159 Å². The van der Waals surface area contributed by atoms with Crippen molar-refractivity contribution in [3.8, 4) is 5.88 Å². The highest BCUT2D eigenvalue weighted by Gasteiger charge is 2.48. The molecule has 0 radical (unpaired) electrons. The summed E-state index contributed by atoms with van der Waals surface area (Å²) in [5, 5.41) is 0. The maximum Gasteiger partial charge on any atom is 0.232 e. The summed E-state index contributed by atoms with van der Waals surface area (Å²) in [6, 6.07) is 2.03. The van der Waals surface area contributed by atoms with Crippen LogP contribution in [0.25, 0.3) is 0 Å². The van der Waals surface area contributed by atoms with Crippen LogP contribution in [0.5, 0.6) is 5.88 Å². The van der Waals surface area contributed by atoms with E-state index in [2.05, 4.69) is 24.8 Å². The van der Waals surface area contributed by atoms with E-state index >= 15 is 0 Å². The smallest absolute Gasteiger partial charge is 0.232 e. The van der Waals surface area contributed by atoms with Gasteiger partial charge >= 0.3 is 0 Å². The van der Waals surface area contributed by atoms with Gasteiger partial charge in [-0.15, -0.1) is 0 Å². The van der Waals surface area contributed by atoms with E-state index in [9.17, 15) is 0 Å². The zero-order chi connectivity index (χ0) is 18.7. The molecule has 2 aromatic heterocycles. The van der Waals surface area contributed by atoms with Crippen LogP contribution < -0.4 is 14.5 Å². The van der Waals surface area contributed by atoms with Gasteiger partial charge in [0.2, 0.25) is 5.88 Å². The molecule has 2 aliphatic heterocycles. The lowest BCUT2D eigenvalue weighted by atomic mass is 9.79. The molecule has 0 bridgehead atoms. The number of ether oxygens (including phenoxy) is 2. The van der Waals surface area contributed by atoms with Crippen LogP contribution in [0.15, 0.2) is 31.0 Å². The predicted molar refractivity (Wildman–Crippen MR) is 102 cm³/mol. The van der Waals surface area contributed by atoms with E-state index in [1.54, 1.807) is 24.9 Å². The molecule has 1 atom stereocenters. The van der Waals surface area contributed by atoms with Crippen LogP contribution in [0, 0.1) is 5.92 Å². The highest BCUT2D eigenvalue weighted by Crippen LogP contribution is 2.39. The van der Waals surface area contributed by atoms with Gasteiger partial charge in [-0.05, 0) is 25.2 Å². The molecule has 0 saturated carbocycles. The lowest BCUT2D eigenvalue weighted by Crippen LogP contribution is -2.65. The zero-order valence-electron chi connectivity index (χ0n) is 15.9. The third kappa shape index (κ3) is 4.10. The van der Waals surface area contributed by atoms with Crippen molar-refractivity contribution in [1.82, 2.24) is 19.9 Å². The van der Waals surface area contributed by atoms with Crippen LogP contribution in [0.1, 0.15) is 19.3 Å². The van der Waals surface area contributed by atoms with Gasteiger partial charge in [-0.3, -0.25) is 4.98 Å². The first-order valence-corrected chi connectivity index (χ1v) is 9.41. The Morgan fingerprint density at radius 1 is 1.26 bits per heavy atom. The largest absolute Gasteiger partial charge is 0.477 e. The number of rotatable bonds is 6. The zero-order valence-corrected chi connectivity index (χ0v) is 15.9. The number of hydrogen-bond acceptors (Lipinski definition) is 8. The molecule has 0 aliphatic carbocycles. The first-order chi connectivity index (χ1) is 13.1. The molecule has 4 rings (SSSR count). The average Bonchev–Trinajstić information content (AvgIpc) is 2.67. The Morgan fingerprint density at radius 3 is 2.93 bits per heavy atom. The van der Waals surface area contributed by atoms with E-state index in [0.717, 1.165) is 50.6 Å². The molecule has 1 spiro atoms. The molecular weight excluding hydrogens is 344 g/mol. The topological polar surface area (TPSA) is 76.5 Å². The van der Waals surface area contributed by atoms with Crippen molar-refractivity contribution >= 4 is 11.6 Å². The van der Waals surface area contributed by atoms with Gasteiger partial charge in [-0.2, -0.15) is 0 Å². The Morgan fingerprint density at radius 2 is 2.15 bits per heavy atom. The van der Waals surface area contributed by atoms with Crippen LogP contribution in [0.4, 0.5) is 11.6 Å². The van der Waals surface area contributed by atoms with Gasteiger partial charge in [0, 0.05) is 39.2 Å². The van der Waals surface area contributed by atoms with Crippen molar-refractivity contribution in [2.24, 2.45) is 5.92 Å². The Hall–Kier alpha value is -2.48. The molecular formula is C19H26N6O2. The van der Waals surface area contributed by atoms with E-state index in [4.69, 9.17) is 9.47 Å². The van der Waals surface area contributed by atoms with Crippen LogP contribution in [-0.2, 0) is 4.74 Å². The van der Waals surface area contributed by atoms with Gasteiger partial charge in [0.15, 0.2) is 0 Å². The maximum atomic E-state index is 6.17. The molecule has 2 saturated heterocycles. The van der Waals surface area contributed by atoms with Gasteiger partial charge < -0.3 is 19.3 Å². The summed E-state index contributed by atoms with van der Waals surface area (Å²) in [5.74, 6) is 3.09. The summed E-state index contributed by atoms with van der Waals surface area (Å²) >= 11 is 0. The first kappa shape index (κ1) is 17.9. The summed E-state index contributed by atoms with van der Waals surface area (Å²) in [6.07, 6.45) is 9.75. The van der Waals surface area contributed by atoms with Gasteiger partial charge in [-0.25, -0.2) is 15.0 Å². The second kappa shape index (κ2) is 7.64. The monoisotopic (exact) mass is 370 g/mol. The lowest BCUT2D eigenvalue weighted by molar-refractivity contribution is -0.115. The van der Waals surface area contributed by atoms with Crippen molar-refractivity contribution in [1.29, 1.82) is 0 Å². The molecule has 0 N–H and O–H groups in total. The average molecular weight is 370 g/mol. The van der Waals surface area contributed by atoms with E-state index in [-0.39, 0.29) is 5.60 Å². The third-order valence-electron chi connectivity index (χ3n) is 5.29. The molecule has 2 aromatic rings. The van der Waals surface area contributed by atoms with Crippen molar-refractivity contribution in [2.45, 2.75) is 24.9 Å². The van der Waals surface area contributed by atoms with Crippen molar-refractivity contribution in [3.05, 3.63) is 31.0 Å². The Kier molecular flexibility index (Phi) is 5.07. The molecule has 8 nitrogen and oxygen atoms in total. The molecule has 4 heterocycles. The molecule has 0 amide bonds. The minimum Gasteiger partial charge on any atom is -0.477 e. The van der Waals surface area contributed by atoms with E-state index < -0.39 is 0 Å². The van der Waals surface area contributed by atoms with Gasteiger partial charge in [-0.1, -0.05) is 0 Å². The van der Waals surface area contributed by atoms with Crippen molar-refractivity contribution < 1.29 is 9.47 Å². The third-order valence-corrected chi connectivity index (χ3v) is 5.29. The summed E-state index contributed by atoms with van der Waals surface area (Å²) < 4.78 is 11.9. The lowest BCUT2D eigenvalue weighted by Gasteiger charge is -2.53. The number of anilines is 2. The summed E-state index contributed by atoms with van der Waals surface area (Å²) in [4.78, 5) is 21.1. The fourth-order valence-corrected chi connectivity index (χ4v) is 3.85. The Bertz CT molecular complexity index is 751. The predicted octanol–water partition coefficient (Wildman–Crippen LogP) is 1.79. The molecule has 8 heteroatoms. The molecule has 144 valence electrons. The highest BCUT2D eigenvalue weighted by molar-refractivity contribution is 5.52. The molecule has 1 unspecified atom stereocenters. The van der Waals surface area contributed by atoms with Gasteiger partial charge in [0.25, 0.3) is 0 Å². The van der Waals surface area contributed by atoms with E-state index in [0.29, 0.717) is 18.4 Å². The summed E-state index contributed by atoms with van der Waals surface area (Å²) in [6.45, 7) is 3.26. The van der Waals surface area contributed by atoms with E-state index in [1.807, 2.05) is 25.1 Å². The standard InChI is InChI=1S/C19H26N6O2/c1-24(2)16-9-17(23-14-22-16)25-12-19(13-25)10-15(4-8-27-19)3-7-26-18-11-20-5-6-21-18/h5-6,9,11,14-15H,3-4,7-8,10,12-13H2,1-2H3. The van der Waals surface area contributed by atoms with Gasteiger partial charge in [0.1, 0.15) is 23.6 Å². The molecule has 2 aliphatic rings. The maximum absolute atomic E-state index is 6.17. The summed E-state index contributed by atoms with van der Waals surface area (Å²) in [7, 11) is 3.98. The van der Waals surface area contributed by atoms with Crippen LogP contribution in [-0.4, -0.2) is 65.9 Å². The van der Waals surface area contributed by atoms with E-state index in [1.165, 1.54) is 0 Å².